The Labute approximate surface area is 88.1 Å². The Morgan fingerprint density at radius 3 is 2.79 bits per heavy atom. The van der Waals surface area contributed by atoms with Gasteiger partial charge in [0.1, 0.15) is 0 Å². The summed E-state index contributed by atoms with van der Waals surface area (Å²) in [6, 6.07) is 0.865. The van der Waals surface area contributed by atoms with Gasteiger partial charge in [0.05, 0.1) is 6.04 Å². The number of rotatable bonds is 2. The topological polar surface area (TPSA) is 15.3 Å². The van der Waals surface area contributed by atoms with Crippen LogP contribution in [0.5, 0.6) is 0 Å². The maximum absolute atomic E-state index is 5.59. The summed E-state index contributed by atoms with van der Waals surface area (Å²) in [5.41, 5.74) is 0. The Morgan fingerprint density at radius 2 is 2.21 bits per heavy atom. The maximum atomic E-state index is 5.59. The van der Waals surface area contributed by atoms with Crippen LogP contribution in [0.25, 0.3) is 0 Å². The lowest BCUT2D eigenvalue weighted by Crippen LogP contribution is -2.43. The fourth-order valence-corrected chi connectivity index (χ4v) is 2.11. The molecule has 2 unspecified atom stereocenters. The molecule has 2 atom stereocenters. The van der Waals surface area contributed by atoms with Crippen molar-refractivity contribution in [3.63, 3.8) is 0 Å². The molecule has 1 heterocycles. The van der Waals surface area contributed by atoms with Crippen molar-refractivity contribution in [3.8, 4) is 12.3 Å². The molecule has 1 fully saturated rings. The summed E-state index contributed by atoms with van der Waals surface area (Å²) >= 11 is 0. The van der Waals surface area contributed by atoms with E-state index in [2.05, 4.69) is 36.9 Å². The van der Waals surface area contributed by atoms with E-state index in [1.165, 1.54) is 6.42 Å². The number of terminal acetylenes is 1. The first kappa shape index (κ1) is 11.6. The van der Waals surface area contributed by atoms with Gasteiger partial charge in [-0.2, -0.15) is 0 Å². The van der Waals surface area contributed by atoms with Crippen LogP contribution in [-0.4, -0.2) is 36.6 Å². The SMILES string of the molecule is C#CC(C(C)C)N1CCCNC(C)C1. The first-order valence-electron chi connectivity index (χ1n) is 5.58. The number of hydrogen-bond acceptors (Lipinski definition) is 2. The molecule has 1 N–H and O–H groups in total. The van der Waals surface area contributed by atoms with Gasteiger partial charge >= 0.3 is 0 Å². The monoisotopic (exact) mass is 194 g/mol. The van der Waals surface area contributed by atoms with Crippen LogP contribution in [0, 0.1) is 18.3 Å². The van der Waals surface area contributed by atoms with E-state index in [9.17, 15) is 0 Å². The minimum Gasteiger partial charge on any atom is -0.313 e. The third-order valence-corrected chi connectivity index (χ3v) is 2.82. The largest absolute Gasteiger partial charge is 0.313 e. The van der Waals surface area contributed by atoms with Crippen LogP contribution >= 0.6 is 0 Å². The predicted octanol–water partition coefficient (Wildman–Crippen LogP) is 1.33. The van der Waals surface area contributed by atoms with Crippen molar-refractivity contribution >= 4 is 0 Å². The Balaban J connectivity index is 2.60. The van der Waals surface area contributed by atoms with Crippen LogP contribution in [0.1, 0.15) is 27.2 Å². The zero-order chi connectivity index (χ0) is 10.6. The zero-order valence-corrected chi connectivity index (χ0v) is 9.59. The summed E-state index contributed by atoms with van der Waals surface area (Å²) in [5, 5.41) is 3.48. The molecule has 0 aromatic rings. The van der Waals surface area contributed by atoms with Crippen molar-refractivity contribution in [1.82, 2.24) is 10.2 Å². The quantitative estimate of drug-likeness (QED) is 0.667. The van der Waals surface area contributed by atoms with E-state index >= 15 is 0 Å². The van der Waals surface area contributed by atoms with Gasteiger partial charge in [-0.1, -0.05) is 19.8 Å². The molecule has 1 aliphatic rings. The molecule has 2 heteroatoms. The highest BCUT2D eigenvalue weighted by Gasteiger charge is 2.22. The number of nitrogens with zero attached hydrogens (tertiary/aromatic N) is 1. The lowest BCUT2D eigenvalue weighted by molar-refractivity contribution is 0.196. The second-order valence-electron chi connectivity index (χ2n) is 4.56. The Hall–Kier alpha value is -0.520. The smallest absolute Gasteiger partial charge is 0.0735 e. The fourth-order valence-electron chi connectivity index (χ4n) is 2.11. The van der Waals surface area contributed by atoms with Crippen LogP contribution in [0.2, 0.25) is 0 Å². The highest BCUT2D eigenvalue weighted by molar-refractivity contribution is 5.02. The van der Waals surface area contributed by atoms with Crippen molar-refractivity contribution in [1.29, 1.82) is 0 Å². The van der Waals surface area contributed by atoms with E-state index in [1.54, 1.807) is 0 Å². The summed E-state index contributed by atoms with van der Waals surface area (Å²) in [7, 11) is 0. The van der Waals surface area contributed by atoms with Gasteiger partial charge in [-0.15, -0.1) is 6.42 Å². The molecule has 1 aliphatic heterocycles. The highest BCUT2D eigenvalue weighted by Crippen LogP contribution is 2.12. The molecule has 0 aliphatic carbocycles. The molecule has 80 valence electrons. The van der Waals surface area contributed by atoms with E-state index in [4.69, 9.17) is 6.42 Å². The predicted molar refractivity (Wildman–Crippen MR) is 61.1 cm³/mol. The molecule has 0 aromatic heterocycles. The molecule has 1 saturated heterocycles. The maximum Gasteiger partial charge on any atom is 0.0735 e. The first-order valence-corrected chi connectivity index (χ1v) is 5.58. The fraction of sp³-hybridized carbons (Fsp3) is 0.833. The van der Waals surface area contributed by atoms with Crippen molar-refractivity contribution in [2.75, 3.05) is 19.6 Å². The Morgan fingerprint density at radius 1 is 1.50 bits per heavy atom. The molecule has 0 saturated carbocycles. The number of nitrogens with one attached hydrogen (secondary N) is 1. The zero-order valence-electron chi connectivity index (χ0n) is 9.59. The van der Waals surface area contributed by atoms with Gasteiger partial charge in [0, 0.05) is 19.1 Å². The Bertz CT molecular complexity index is 205. The van der Waals surface area contributed by atoms with Gasteiger partial charge in [0.25, 0.3) is 0 Å². The molecule has 0 radical (unpaired) electrons. The minimum atomic E-state index is 0.303. The van der Waals surface area contributed by atoms with E-state index in [1.807, 2.05) is 0 Å². The molecule has 0 spiro atoms. The van der Waals surface area contributed by atoms with E-state index in [0.29, 0.717) is 18.0 Å². The minimum absolute atomic E-state index is 0.303. The van der Waals surface area contributed by atoms with E-state index in [0.717, 1.165) is 19.6 Å². The van der Waals surface area contributed by atoms with Crippen molar-refractivity contribution in [2.24, 2.45) is 5.92 Å². The summed E-state index contributed by atoms with van der Waals surface area (Å²) in [4.78, 5) is 2.44. The van der Waals surface area contributed by atoms with Crippen molar-refractivity contribution in [3.05, 3.63) is 0 Å². The van der Waals surface area contributed by atoms with Crippen LogP contribution in [0.15, 0.2) is 0 Å². The normalized spacial score (nSPS) is 26.9. The summed E-state index contributed by atoms with van der Waals surface area (Å²) in [6.45, 7) is 9.96. The van der Waals surface area contributed by atoms with Gasteiger partial charge in [-0.3, -0.25) is 4.90 Å². The highest BCUT2D eigenvalue weighted by atomic mass is 15.2. The van der Waals surface area contributed by atoms with Crippen LogP contribution in [0.4, 0.5) is 0 Å². The average Bonchev–Trinajstić information content (AvgIpc) is 2.31. The standard InChI is InChI=1S/C12H22N2/c1-5-12(10(2)3)14-8-6-7-13-11(4)9-14/h1,10-13H,6-9H2,2-4H3. The molecule has 2 nitrogen and oxygen atoms in total. The third-order valence-electron chi connectivity index (χ3n) is 2.82. The first-order chi connectivity index (χ1) is 6.65. The van der Waals surface area contributed by atoms with Gasteiger partial charge in [-0.25, -0.2) is 0 Å². The van der Waals surface area contributed by atoms with Gasteiger partial charge in [0.15, 0.2) is 0 Å². The third kappa shape index (κ3) is 3.01. The molecular weight excluding hydrogens is 172 g/mol. The van der Waals surface area contributed by atoms with Crippen LogP contribution < -0.4 is 5.32 Å². The van der Waals surface area contributed by atoms with Gasteiger partial charge in [0.2, 0.25) is 0 Å². The average molecular weight is 194 g/mol. The molecular formula is C12H22N2. The van der Waals surface area contributed by atoms with Crippen LogP contribution in [0.3, 0.4) is 0 Å². The van der Waals surface area contributed by atoms with Crippen LogP contribution in [-0.2, 0) is 0 Å². The molecule has 0 bridgehead atoms. The molecule has 0 amide bonds. The lowest BCUT2D eigenvalue weighted by atomic mass is 10.0. The molecule has 0 aromatic carbocycles. The van der Waals surface area contributed by atoms with E-state index < -0.39 is 0 Å². The molecule has 14 heavy (non-hydrogen) atoms. The van der Waals surface area contributed by atoms with E-state index in [-0.39, 0.29) is 0 Å². The summed E-state index contributed by atoms with van der Waals surface area (Å²) in [6.07, 6.45) is 6.79. The Kier molecular flexibility index (Phi) is 4.44. The second-order valence-corrected chi connectivity index (χ2v) is 4.56. The van der Waals surface area contributed by atoms with Gasteiger partial charge < -0.3 is 5.32 Å². The summed E-state index contributed by atoms with van der Waals surface area (Å²) < 4.78 is 0. The van der Waals surface area contributed by atoms with Gasteiger partial charge in [-0.05, 0) is 25.8 Å². The lowest BCUT2D eigenvalue weighted by Gasteiger charge is -2.30. The molecule has 1 rings (SSSR count). The number of hydrogen-bond donors (Lipinski definition) is 1. The van der Waals surface area contributed by atoms with Crippen molar-refractivity contribution < 1.29 is 0 Å². The second kappa shape index (κ2) is 5.38. The van der Waals surface area contributed by atoms with Crippen molar-refractivity contribution in [2.45, 2.75) is 39.3 Å². The summed E-state index contributed by atoms with van der Waals surface area (Å²) in [5.74, 6) is 3.46.